The predicted molar refractivity (Wildman–Crippen MR) is 295 cm³/mol. The molecule has 70 heavy (non-hydrogen) atoms. The van der Waals surface area contributed by atoms with Crippen LogP contribution in [0.5, 0.6) is 0 Å². The molecule has 0 aromatic carbocycles. The van der Waals surface area contributed by atoms with E-state index in [0.717, 1.165) is 38.5 Å². The Kier molecular flexibility index (Phi) is 52.3. The number of hydrogen-bond donors (Lipinski definition) is 1. The normalized spacial score (nSPS) is 12.6. The molecule has 0 fully saturated rings. The first-order chi connectivity index (χ1) is 34.1. The minimum atomic E-state index is -1.50. The van der Waals surface area contributed by atoms with E-state index < -0.39 is 18.4 Å². The van der Waals surface area contributed by atoms with Gasteiger partial charge >= 0.3 is 17.9 Å². The number of carboxylic acid groups (broad SMARTS) is 1. The van der Waals surface area contributed by atoms with E-state index in [9.17, 15) is 19.5 Å². The third kappa shape index (κ3) is 54.1. The van der Waals surface area contributed by atoms with Crippen LogP contribution in [0.15, 0.2) is 0 Å². The molecule has 9 nitrogen and oxygen atoms in total. The van der Waals surface area contributed by atoms with E-state index in [2.05, 4.69) is 13.8 Å². The standard InChI is InChI=1S/C61H119NO8/c1-6-8-10-12-14-16-18-20-22-24-25-26-27-28-29-30-31-32-33-34-35-36-38-40-42-44-46-48-50-52-59(64)70-57(56-69-61(60(65)66)67-54-53-62(3,4)5)55-68-58(63)51-49-47-45-43-41-39-37-23-21-19-17-15-13-11-9-7-2/h57,61H,6-56H2,1-5H3/p+1. The highest BCUT2D eigenvalue weighted by atomic mass is 16.7. The summed E-state index contributed by atoms with van der Waals surface area (Å²) in [6, 6.07) is 0. The lowest BCUT2D eigenvalue weighted by atomic mass is 10.0. The fourth-order valence-electron chi connectivity index (χ4n) is 9.37. The van der Waals surface area contributed by atoms with E-state index in [0.29, 0.717) is 17.4 Å². The van der Waals surface area contributed by atoms with Crippen molar-refractivity contribution in [3.63, 3.8) is 0 Å². The van der Waals surface area contributed by atoms with Crippen molar-refractivity contribution in [2.24, 2.45) is 0 Å². The van der Waals surface area contributed by atoms with E-state index in [1.165, 1.54) is 250 Å². The lowest BCUT2D eigenvalue weighted by Crippen LogP contribution is -2.40. The highest BCUT2D eigenvalue weighted by Gasteiger charge is 2.25. The molecule has 0 aromatic rings. The monoisotopic (exact) mass is 995 g/mol. The van der Waals surface area contributed by atoms with Gasteiger partial charge in [0.25, 0.3) is 6.29 Å². The summed E-state index contributed by atoms with van der Waals surface area (Å²) in [5, 5.41) is 9.70. The largest absolute Gasteiger partial charge is 0.477 e. The quantitative estimate of drug-likeness (QED) is 0.0278. The molecule has 2 unspecified atom stereocenters. The van der Waals surface area contributed by atoms with E-state index in [-0.39, 0.29) is 38.2 Å². The van der Waals surface area contributed by atoms with Gasteiger partial charge in [-0.3, -0.25) is 9.59 Å². The topological polar surface area (TPSA) is 108 Å². The summed E-state index contributed by atoms with van der Waals surface area (Å²) in [6.45, 7) is 4.95. The number of esters is 2. The van der Waals surface area contributed by atoms with Crippen LogP contribution in [0.1, 0.15) is 316 Å². The lowest BCUT2D eigenvalue weighted by Gasteiger charge is -2.25. The van der Waals surface area contributed by atoms with Crippen LogP contribution >= 0.6 is 0 Å². The van der Waals surface area contributed by atoms with Crippen LogP contribution in [-0.4, -0.2) is 87.4 Å². The maximum absolute atomic E-state index is 12.9. The molecule has 0 rings (SSSR count). The average Bonchev–Trinajstić information content (AvgIpc) is 3.33. The molecular formula is C61H120NO8+. The summed E-state index contributed by atoms with van der Waals surface area (Å²) in [4.78, 5) is 37.4. The second-order valence-electron chi connectivity index (χ2n) is 22.4. The van der Waals surface area contributed by atoms with Crippen LogP contribution in [-0.2, 0) is 33.3 Å². The zero-order valence-electron chi connectivity index (χ0n) is 47.5. The fourth-order valence-corrected chi connectivity index (χ4v) is 9.37. The Morgan fingerprint density at radius 1 is 0.371 bits per heavy atom. The molecule has 2 atom stereocenters. The number of ether oxygens (including phenoxy) is 4. The minimum absolute atomic E-state index is 0.172. The van der Waals surface area contributed by atoms with Crippen molar-refractivity contribution in [2.45, 2.75) is 328 Å². The summed E-state index contributed by atoms with van der Waals surface area (Å²) in [7, 11) is 5.98. The Hall–Kier alpha value is -1.71. The Bertz CT molecular complexity index is 1110. The van der Waals surface area contributed by atoms with E-state index in [1.54, 1.807) is 0 Å². The second-order valence-corrected chi connectivity index (χ2v) is 22.4. The molecule has 0 aliphatic rings. The molecule has 0 aromatic heterocycles. The highest BCUT2D eigenvalue weighted by molar-refractivity contribution is 5.71. The number of quaternary nitrogens is 1. The molecule has 0 saturated carbocycles. The minimum Gasteiger partial charge on any atom is -0.477 e. The fraction of sp³-hybridized carbons (Fsp3) is 0.951. The Morgan fingerprint density at radius 3 is 0.914 bits per heavy atom. The van der Waals surface area contributed by atoms with E-state index in [4.69, 9.17) is 18.9 Å². The van der Waals surface area contributed by atoms with Crippen LogP contribution < -0.4 is 0 Å². The van der Waals surface area contributed by atoms with E-state index >= 15 is 0 Å². The number of unbranched alkanes of at least 4 members (excludes halogenated alkanes) is 43. The third-order valence-corrected chi connectivity index (χ3v) is 14.1. The zero-order chi connectivity index (χ0) is 51.3. The molecule has 0 heterocycles. The van der Waals surface area contributed by atoms with Crippen LogP contribution in [0.3, 0.4) is 0 Å². The molecule has 0 saturated heterocycles. The summed E-state index contributed by atoms with van der Waals surface area (Å²) < 4.78 is 22.9. The van der Waals surface area contributed by atoms with Gasteiger partial charge in [0.2, 0.25) is 0 Å². The number of aliphatic carboxylic acids is 1. The first-order valence-corrected chi connectivity index (χ1v) is 30.7. The van der Waals surface area contributed by atoms with Gasteiger partial charge in [-0.15, -0.1) is 0 Å². The molecule has 0 radical (unpaired) electrons. The molecule has 0 amide bonds. The molecule has 0 aliphatic heterocycles. The van der Waals surface area contributed by atoms with Crippen molar-refractivity contribution in [3.05, 3.63) is 0 Å². The van der Waals surface area contributed by atoms with Crippen LogP contribution in [0.25, 0.3) is 0 Å². The Balaban J connectivity index is 4.08. The van der Waals surface area contributed by atoms with Crippen molar-refractivity contribution in [3.8, 4) is 0 Å². The number of rotatable bonds is 58. The van der Waals surface area contributed by atoms with Gasteiger partial charge in [0.05, 0.1) is 34.4 Å². The van der Waals surface area contributed by atoms with Crippen LogP contribution in [0.4, 0.5) is 0 Å². The summed E-state index contributed by atoms with van der Waals surface area (Å²) in [6.07, 6.45) is 57.7. The molecular weight excluding hydrogens is 875 g/mol. The number of carbonyl (C=O) groups is 3. The van der Waals surface area contributed by atoms with Crippen LogP contribution in [0, 0.1) is 0 Å². The maximum atomic E-state index is 12.9. The van der Waals surface area contributed by atoms with Crippen molar-refractivity contribution in [1.82, 2.24) is 0 Å². The maximum Gasteiger partial charge on any atom is 0.361 e. The second kappa shape index (κ2) is 53.6. The Labute approximate surface area is 434 Å². The number of carbonyl (C=O) groups excluding carboxylic acids is 2. The summed E-state index contributed by atoms with van der Waals surface area (Å²) >= 11 is 0. The van der Waals surface area contributed by atoms with Gasteiger partial charge in [0.15, 0.2) is 6.10 Å². The van der Waals surface area contributed by atoms with Gasteiger partial charge in [0, 0.05) is 12.8 Å². The molecule has 416 valence electrons. The van der Waals surface area contributed by atoms with E-state index in [1.807, 2.05) is 21.1 Å². The van der Waals surface area contributed by atoms with Crippen LogP contribution in [0.2, 0.25) is 0 Å². The van der Waals surface area contributed by atoms with Gasteiger partial charge in [-0.1, -0.05) is 290 Å². The van der Waals surface area contributed by atoms with Gasteiger partial charge in [-0.05, 0) is 12.8 Å². The molecule has 9 heteroatoms. The van der Waals surface area contributed by atoms with Crippen molar-refractivity contribution in [1.29, 1.82) is 0 Å². The third-order valence-electron chi connectivity index (χ3n) is 14.1. The number of hydrogen-bond acceptors (Lipinski definition) is 7. The summed E-state index contributed by atoms with van der Waals surface area (Å²) in [5.41, 5.74) is 0. The number of likely N-dealkylation sites (N-methyl/N-ethyl adjacent to an activating group) is 1. The average molecular weight is 996 g/mol. The Morgan fingerprint density at radius 2 is 0.643 bits per heavy atom. The number of nitrogens with zero attached hydrogens (tertiary/aromatic N) is 1. The first kappa shape index (κ1) is 68.3. The van der Waals surface area contributed by atoms with Gasteiger partial charge in [-0.25, -0.2) is 4.79 Å². The first-order valence-electron chi connectivity index (χ1n) is 30.7. The predicted octanol–water partition coefficient (Wildman–Crippen LogP) is 18.0. The SMILES string of the molecule is CCCCCCCCCCCCCCCCCCCCCCCCCCCCCCCC(=O)OC(COC(=O)CCCCCCCCCCCCCCCCCC)COC(OCC[N+](C)(C)C)C(=O)O. The smallest absolute Gasteiger partial charge is 0.361 e. The highest BCUT2D eigenvalue weighted by Crippen LogP contribution is 2.18. The molecule has 0 bridgehead atoms. The molecule has 1 N–H and O–H groups in total. The molecule has 0 aliphatic carbocycles. The van der Waals surface area contributed by atoms with Crippen molar-refractivity contribution >= 4 is 17.9 Å². The number of carboxylic acids is 1. The van der Waals surface area contributed by atoms with Crippen molar-refractivity contribution in [2.75, 3.05) is 47.5 Å². The van der Waals surface area contributed by atoms with Gasteiger partial charge in [0.1, 0.15) is 13.2 Å². The van der Waals surface area contributed by atoms with Gasteiger partial charge < -0.3 is 28.5 Å². The zero-order valence-corrected chi connectivity index (χ0v) is 47.5. The van der Waals surface area contributed by atoms with Crippen molar-refractivity contribution < 1.29 is 42.9 Å². The lowest BCUT2D eigenvalue weighted by molar-refractivity contribution is -0.870. The summed E-state index contributed by atoms with van der Waals surface area (Å²) in [5.74, 6) is -1.97. The molecule has 0 spiro atoms. The van der Waals surface area contributed by atoms with Gasteiger partial charge in [-0.2, -0.15) is 0 Å².